The first-order valence-electron chi connectivity index (χ1n) is 8.76. The molecule has 0 atom stereocenters. The predicted molar refractivity (Wildman–Crippen MR) is 109 cm³/mol. The van der Waals surface area contributed by atoms with Crippen molar-refractivity contribution in [3.05, 3.63) is 40.3 Å². The van der Waals surface area contributed by atoms with Gasteiger partial charge in [0.05, 0.1) is 4.91 Å². The maximum Gasteiger partial charge on any atom is 0.303 e. The van der Waals surface area contributed by atoms with Crippen molar-refractivity contribution in [1.82, 2.24) is 4.90 Å². The van der Waals surface area contributed by atoms with Gasteiger partial charge in [0.2, 0.25) is 0 Å². The van der Waals surface area contributed by atoms with Gasteiger partial charge in [-0.3, -0.25) is 14.5 Å². The number of benzene rings is 1. The molecule has 1 fully saturated rings. The Morgan fingerprint density at radius 2 is 1.89 bits per heavy atom. The summed E-state index contributed by atoms with van der Waals surface area (Å²) in [5, 5.41) is 8.72. The van der Waals surface area contributed by atoms with Gasteiger partial charge in [0.25, 0.3) is 5.91 Å². The minimum atomic E-state index is -0.881. The first-order chi connectivity index (χ1) is 13.0. The van der Waals surface area contributed by atoms with E-state index in [0.717, 1.165) is 11.1 Å². The summed E-state index contributed by atoms with van der Waals surface area (Å²) in [6.07, 6.45) is 1.77. The van der Waals surface area contributed by atoms with Crippen molar-refractivity contribution in [2.45, 2.75) is 33.0 Å². The molecule has 0 bridgehead atoms. The molecule has 0 aliphatic carbocycles. The van der Waals surface area contributed by atoms with Crippen LogP contribution in [0.5, 0.6) is 0 Å². The average Bonchev–Trinajstić information content (AvgIpc) is 2.89. The van der Waals surface area contributed by atoms with Gasteiger partial charge in [-0.1, -0.05) is 48.2 Å². The molecule has 0 spiro atoms. The van der Waals surface area contributed by atoms with Crippen LogP contribution in [-0.2, 0) is 19.1 Å². The van der Waals surface area contributed by atoms with Gasteiger partial charge in [-0.15, -0.1) is 0 Å². The van der Waals surface area contributed by atoms with Crippen LogP contribution in [0.15, 0.2) is 29.2 Å². The summed E-state index contributed by atoms with van der Waals surface area (Å²) in [5.41, 5.74) is 1.79. The number of aliphatic carboxylic acids is 1. The number of carboxylic acid groups (broad SMARTS) is 1. The summed E-state index contributed by atoms with van der Waals surface area (Å²) in [6.45, 7) is 5.25. The molecule has 146 valence electrons. The summed E-state index contributed by atoms with van der Waals surface area (Å²) >= 11 is 6.48. The van der Waals surface area contributed by atoms with Crippen molar-refractivity contribution in [2.75, 3.05) is 19.8 Å². The molecule has 1 saturated heterocycles. The van der Waals surface area contributed by atoms with E-state index in [9.17, 15) is 9.59 Å². The molecule has 0 radical (unpaired) electrons. The number of nitrogens with zero attached hydrogens (tertiary/aromatic N) is 1. The second kappa shape index (κ2) is 10.6. The number of thiocarbonyl (C=S) groups is 1. The molecule has 1 amide bonds. The fourth-order valence-electron chi connectivity index (χ4n) is 2.53. The Balaban J connectivity index is 2.06. The van der Waals surface area contributed by atoms with Gasteiger partial charge in [0.1, 0.15) is 4.32 Å². The van der Waals surface area contributed by atoms with Gasteiger partial charge in [-0.2, -0.15) is 0 Å². The smallest absolute Gasteiger partial charge is 0.303 e. The minimum absolute atomic E-state index is 0.0123. The number of hydrogen-bond acceptors (Lipinski definition) is 6. The van der Waals surface area contributed by atoms with Crippen LogP contribution < -0.4 is 0 Å². The lowest BCUT2D eigenvalue weighted by molar-refractivity contribution is -0.140. The third-order valence-corrected chi connectivity index (χ3v) is 5.17. The predicted octanol–water partition coefficient (Wildman–Crippen LogP) is 3.82. The molecule has 27 heavy (non-hydrogen) atoms. The summed E-state index contributed by atoms with van der Waals surface area (Å²) in [6, 6.07) is 7.62. The zero-order valence-electron chi connectivity index (χ0n) is 15.3. The first kappa shape index (κ1) is 21.6. The first-order valence-corrected chi connectivity index (χ1v) is 9.99. The van der Waals surface area contributed by atoms with Crippen LogP contribution in [0.2, 0.25) is 0 Å². The standard InChI is InChI=1S/C19H23NO5S2/c1-3-24-18(25-4-2)14-9-7-13(8-10-14)12-15-17(23)20(19(26)27-15)11-5-6-16(21)22/h7-10,12,18H,3-6,11H2,1-2H3,(H,21,22)/b15-12-. The Labute approximate surface area is 168 Å². The van der Waals surface area contributed by atoms with E-state index in [4.69, 9.17) is 26.8 Å². The van der Waals surface area contributed by atoms with Crippen molar-refractivity contribution in [3.8, 4) is 0 Å². The lowest BCUT2D eigenvalue weighted by atomic mass is 10.1. The summed E-state index contributed by atoms with van der Waals surface area (Å²) in [7, 11) is 0. The molecule has 2 rings (SSSR count). The second-order valence-corrected chi connectivity index (χ2v) is 7.42. The van der Waals surface area contributed by atoms with Gasteiger partial charge in [-0.05, 0) is 31.9 Å². The van der Waals surface area contributed by atoms with E-state index in [2.05, 4.69) is 0 Å². The van der Waals surface area contributed by atoms with E-state index in [-0.39, 0.29) is 12.3 Å². The van der Waals surface area contributed by atoms with E-state index in [1.165, 1.54) is 16.7 Å². The highest BCUT2D eigenvalue weighted by Gasteiger charge is 2.31. The third-order valence-electron chi connectivity index (χ3n) is 3.79. The monoisotopic (exact) mass is 409 g/mol. The number of rotatable bonds is 10. The molecule has 1 aromatic carbocycles. The minimum Gasteiger partial charge on any atom is -0.481 e. The number of thioether (sulfide) groups is 1. The van der Waals surface area contributed by atoms with Crippen LogP contribution in [0.25, 0.3) is 6.08 Å². The Hall–Kier alpha value is -1.74. The Morgan fingerprint density at radius 3 is 2.44 bits per heavy atom. The van der Waals surface area contributed by atoms with E-state index < -0.39 is 12.3 Å². The van der Waals surface area contributed by atoms with Crippen molar-refractivity contribution in [3.63, 3.8) is 0 Å². The Morgan fingerprint density at radius 1 is 1.26 bits per heavy atom. The zero-order valence-corrected chi connectivity index (χ0v) is 17.0. The fraction of sp³-hybridized carbons (Fsp3) is 0.421. The number of carbonyl (C=O) groups is 2. The molecule has 8 heteroatoms. The summed E-state index contributed by atoms with van der Waals surface area (Å²) in [5.74, 6) is -1.06. The number of hydrogen-bond donors (Lipinski definition) is 1. The molecule has 1 aromatic rings. The molecule has 1 aliphatic heterocycles. The van der Waals surface area contributed by atoms with Crippen molar-refractivity contribution in [2.24, 2.45) is 0 Å². The zero-order chi connectivity index (χ0) is 19.8. The summed E-state index contributed by atoms with van der Waals surface area (Å²) in [4.78, 5) is 25.1. The van der Waals surface area contributed by atoms with Crippen LogP contribution in [0.4, 0.5) is 0 Å². The lowest BCUT2D eigenvalue weighted by Crippen LogP contribution is -2.29. The Kier molecular flexibility index (Phi) is 8.43. The average molecular weight is 410 g/mol. The highest BCUT2D eigenvalue weighted by atomic mass is 32.2. The molecular formula is C19H23NO5S2. The van der Waals surface area contributed by atoms with Crippen molar-refractivity contribution >= 4 is 46.3 Å². The Bertz CT molecular complexity index is 711. The highest BCUT2D eigenvalue weighted by Crippen LogP contribution is 2.33. The van der Waals surface area contributed by atoms with E-state index in [0.29, 0.717) is 35.4 Å². The lowest BCUT2D eigenvalue weighted by Gasteiger charge is -2.17. The van der Waals surface area contributed by atoms with Crippen molar-refractivity contribution in [1.29, 1.82) is 0 Å². The molecule has 1 N–H and O–H groups in total. The van der Waals surface area contributed by atoms with Gasteiger partial charge < -0.3 is 14.6 Å². The normalized spacial score (nSPS) is 16.0. The van der Waals surface area contributed by atoms with Gasteiger partial charge in [0.15, 0.2) is 6.29 Å². The van der Waals surface area contributed by atoms with E-state index in [1.54, 1.807) is 6.08 Å². The van der Waals surface area contributed by atoms with Crippen LogP contribution >= 0.6 is 24.0 Å². The molecule has 6 nitrogen and oxygen atoms in total. The SMILES string of the molecule is CCOC(OCC)c1ccc(/C=C2\SC(=S)N(CCCC(=O)O)C2=O)cc1. The number of amides is 1. The molecule has 0 unspecified atom stereocenters. The number of ether oxygens (including phenoxy) is 2. The van der Waals surface area contributed by atoms with Gasteiger partial charge >= 0.3 is 5.97 Å². The topological polar surface area (TPSA) is 76.1 Å². The van der Waals surface area contributed by atoms with E-state index >= 15 is 0 Å². The van der Waals surface area contributed by atoms with Gasteiger partial charge in [0, 0.05) is 31.7 Å². The third kappa shape index (κ3) is 6.14. The van der Waals surface area contributed by atoms with Crippen molar-refractivity contribution < 1.29 is 24.2 Å². The van der Waals surface area contributed by atoms with E-state index in [1.807, 2.05) is 38.1 Å². The second-order valence-electron chi connectivity index (χ2n) is 5.74. The maximum atomic E-state index is 12.5. The largest absolute Gasteiger partial charge is 0.481 e. The highest BCUT2D eigenvalue weighted by molar-refractivity contribution is 8.26. The van der Waals surface area contributed by atoms with Crippen LogP contribution in [0.1, 0.15) is 44.1 Å². The maximum absolute atomic E-state index is 12.5. The number of carboxylic acids is 1. The molecular weight excluding hydrogens is 386 g/mol. The van der Waals surface area contributed by atoms with Crippen LogP contribution in [-0.4, -0.2) is 46.0 Å². The van der Waals surface area contributed by atoms with Gasteiger partial charge in [-0.25, -0.2) is 0 Å². The van der Waals surface area contributed by atoms with Crippen LogP contribution in [0, 0.1) is 0 Å². The molecule has 1 heterocycles. The molecule has 1 aliphatic rings. The molecule has 0 saturated carbocycles. The van der Waals surface area contributed by atoms with Crippen LogP contribution in [0.3, 0.4) is 0 Å². The fourth-order valence-corrected chi connectivity index (χ4v) is 3.83. The quantitative estimate of drug-likeness (QED) is 0.358. The molecule has 0 aromatic heterocycles. The number of carbonyl (C=O) groups excluding carboxylic acids is 1. The summed E-state index contributed by atoms with van der Waals surface area (Å²) < 4.78 is 11.6.